The standard InChI is InChI=1S/C20H19N5O4/c1-3-8-21-24-11-15(14-6-4-12(25(27)28)9-18(14)24)19-20(26)23-16-7-5-13(29-2)10-17(16)22-19/h4-7,9-11,21H,3,8H2,1-2H3,(H,23,26). The van der Waals surface area contributed by atoms with Gasteiger partial charge >= 0.3 is 0 Å². The van der Waals surface area contributed by atoms with Crippen LogP contribution < -0.4 is 15.7 Å². The maximum atomic E-state index is 12.7. The van der Waals surface area contributed by atoms with Crippen LogP contribution >= 0.6 is 0 Å². The van der Waals surface area contributed by atoms with Gasteiger partial charge in [-0.05, 0) is 24.6 Å². The van der Waals surface area contributed by atoms with Gasteiger partial charge in [0.2, 0.25) is 0 Å². The van der Waals surface area contributed by atoms with Gasteiger partial charge in [0.05, 0.1) is 28.6 Å². The van der Waals surface area contributed by atoms with E-state index in [1.807, 2.05) is 6.92 Å². The number of nitrogens with one attached hydrogen (secondary N) is 2. The molecule has 9 nitrogen and oxygen atoms in total. The van der Waals surface area contributed by atoms with E-state index in [4.69, 9.17) is 4.74 Å². The largest absolute Gasteiger partial charge is 0.497 e. The second-order valence-electron chi connectivity index (χ2n) is 6.58. The van der Waals surface area contributed by atoms with Crippen molar-refractivity contribution in [3.05, 3.63) is 63.1 Å². The molecule has 4 aromatic rings. The van der Waals surface area contributed by atoms with Gasteiger partial charge in [-0.2, -0.15) is 0 Å². The van der Waals surface area contributed by atoms with Gasteiger partial charge in [0.1, 0.15) is 11.4 Å². The van der Waals surface area contributed by atoms with Crippen molar-refractivity contribution >= 4 is 27.6 Å². The number of nitrogens with zero attached hydrogens (tertiary/aromatic N) is 3. The number of non-ortho nitro benzene ring substituents is 1. The van der Waals surface area contributed by atoms with Gasteiger partial charge < -0.3 is 15.1 Å². The smallest absolute Gasteiger partial charge is 0.275 e. The molecule has 0 radical (unpaired) electrons. The number of nitro groups is 1. The summed E-state index contributed by atoms with van der Waals surface area (Å²) in [6.45, 7) is 2.69. The monoisotopic (exact) mass is 393 g/mol. The molecule has 0 saturated carbocycles. The van der Waals surface area contributed by atoms with Crippen molar-refractivity contribution in [3.63, 3.8) is 0 Å². The molecule has 0 aliphatic heterocycles. The molecule has 148 valence electrons. The number of aromatic nitrogens is 3. The van der Waals surface area contributed by atoms with Crippen molar-refractivity contribution < 1.29 is 9.66 Å². The van der Waals surface area contributed by atoms with Crippen molar-refractivity contribution in [2.24, 2.45) is 0 Å². The number of fused-ring (bicyclic) bond motifs is 2. The van der Waals surface area contributed by atoms with Gasteiger partial charge in [-0.25, -0.2) is 4.98 Å². The number of ether oxygens (including phenoxy) is 1. The van der Waals surface area contributed by atoms with Crippen molar-refractivity contribution in [2.75, 3.05) is 19.1 Å². The Labute approximate surface area is 165 Å². The number of hydrogen-bond acceptors (Lipinski definition) is 6. The summed E-state index contributed by atoms with van der Waals surface area (Å²) in [7, 11) is 1.56. The predicted octanol–water partition coefficient (Wildman–Crippen LogP) is 3.42. The van der Waals surface area contributed by atoms with Crippen molar-refractivity contribution in [1.82, 2.24) is 14.6 Å². The van der Waals surface area contributed by atoms with Gasteiger partial charge in [0.15, 0.2) is 0 Å². The van der Waals surface area contributed by atoms with E-state index in [1.54, 1.807) is 42.2 Å². The molecule has 0 aliphatic carbocycles. The second kappa shape index (κ2) is 7.27. The van der Waals surface area contributed by atoms with Gasteiger partial charge in [0.25, 0.3) is 11.2 Å². The summed E-state index contributed by atoms with van der Waals surface area (Å²) in [5.74, 6) is 0.630. The first-order valence-corrected chi connectivity index (χ1v) is 9.13. The average molecular weight is 393 g/mol. The molecule has 0 saturated heterocycles. The zero-order valence-corrected chi connectivity index (χ0v) is 15.9. The Kier molecular flexibility index (Phi) is 4.63. The van der Waals surface area contributed by atoms with Crippen LogP contribution in [0.15, 0.2) is 47.4 Å². The first-order valence-electron chi connectivity index (χ1n) is 9.13. The number of nitro benzene ring substituents is 1. The molecule has 9 heteroatoms. The van der Waals surface area contributed by atoms with Crippen LogP contribution in [0.3, 0.4) is 0 Å². The Morgan fingerprint density at radius 3 is 2.83 bits per heavy atom. The number of H-pyrrole nitrogens is 1. The first-order chi connectivity index (χ1) is 14.0. The summed E-state index contributed by atoms with van der Waals surface area (Å²) >= 11 is 0. The first kappa shape index (κ1) is 18.5. The highest BCUT2D eigenvalue weighted by molar-refractivity contribution is 5.97. The Morgan fingerprint density at radius 2 is 2.10 bits per heavy atom. The number of hydrogen-bond donors (Lipinski definition) is 2. The molecule has 2 heterocycles. The zero-order valence-electron chi connectivity index (χ0n) is 15.9. The van der Waals surface area contributed by atoms with E-state index in [0.717, 1.165) is 6.42 Å². The molecular weight excluding hydrogens is 374 g/mol. The molecule has 0 amide bonds. The normalized spacial score (nSPS) is 11.1. The maximum absolute atomic E-state index is 12.7. The summed E-state index contributed by atoms with van der Waals surface area (Å²) < 4.78 is 6.95. The van der Waals surface area contributed by atoms with Gasteiger partial charge in [-0.3, -0.25) is 19.6 Å². The fourth-order valence-corrected chi connectivity index (χ4v) is 3.25. The Bertz CT molecular complexity index is 1290. The quantitative estimate of drug-likeness (QED) is 0.383. The second-order valence-corrected chi connectivity index (χ2v) is 6.58. The van der Waals surface area contributed by atoms with Crippen LogP contribution in [0.1, 0.15) is 13.3 Å². The Balaban J connectivity index is 1.96. The molecule has 0 bridgehead atoms. The fraction of sp³-hybridized carbons (Fsp3) is 0.200. The summed E-state index contributed by atoms with van der Waals surface area (Å²) in [5.41, 5.74) is 5.46. The van der Waals surface area contributed by atoms with Crippen LogP contribution in [0.25, 0.3) is 33.2 Å². The highest BCUT2D eigenvalue weighted by Gasteiger charge is 2.18. The number of aromatic amines is 1. The number of benzene rings is 2. The van der Waals surface area contributed by atoms with E-state index >= 15 is 0 Å². The molecule has 0 spiro atoms. The Hall–Kier alpha value is -3.88. The van der Waals surface area contributed by atoms with E-state index in [9.17, 15) is 14.9 Å². The van der Waals surface area contributed by atoms with Gasteiger partial charge in [-0.15, -0.1) is 0 Å². The van der Waals surface area contributed by atoms with Crippen LogP contribution in [0.4, 0.5) is 5.69 Å². The van der Waals surface area contributed by atoms with E-state index in [-0.39, 0.29) is 16.9 Å². The lowest BCUT2D eigenvalue weighted by molar-refractivity contribution is -0.384. The van der Waals surface area contributed by atoms with Crippen LogP contribution in [0.2, 0.25) is 0 Å². The molecule has 2 N–H and O–H groups in total. The molecule has 0 fully saturated rings. The number of methoxy groups -OCH3 is 1. The zero-order chi connectivity index (χ0) is 20.5. The van der Waals surface area contributed by atoms with Crippen molar-refractivity contribution in [1.29, 1.82) is 0 Å². The molecule has 0 atom stereocenters. The topological polar surface area (TPSA) is 115 Å². The van der Waals surface area contributed by atoms with E-state index < -0.39 is 4.92 Å². The van der Waals surface area contributed by atoms with Gasteiger partial charge in [0, 0.05) is 41.9 Å². The fourth-order valence-electron chi connectivity index (χ4n) is 3.25. The third-order valence-electron chi connectivity index (χ3n) is 4.69. The minimum absolute atomic E-state index is 0.0215. The third-order valence-corrected chi connectivity index (χ3v) is 4.69. The van der Waals surface area contributed by atoms with Crippen molar-refractivity contribution in [3.8, 4) is 17.0 Å². The van der Waals surface area contributed by atoms with E-state index in [2.05, 4.69) is 15.4 Å². The molecule has 29 heavy (non-hydrogen) atoms. The van der Waals surface area contributed by atoms with Crippen LogP contribution in [0, 0.1) is 10.1 Å². The van der Waals surface area contributed by atoms with E-state index in [0.29, 0.717) is 39.8 Å². The maximum Gasteiger partial charge on any atom is 0.275 e. The third kappa shape index (κ3) is 3.27. The predicted molar refractivity (Wildman–Crippen MR) is 111 cm³/mol. The summed E-state index contributed by atoms with van der Waals surface area (Å²) in [5, 5.41) is 11.9. The molecule has 0 aliphatic rings. The lowest BCUT2D eigenvalue weighted by atomic mass is 10.1. The molecule has 2 aromatic heterocycles. The molecule has 0 unspecified atom stereocenters. The van der Waals surface area contributed by atoms with Crippen LogP contribution in [-0.2, 0) is 0 Å². The minimum Gasteiger partial charge on any atom is -0.497 e. The van der Waals surface area contributed by atoms with Crippen LogP contribution in [0.5, 0.6) is 5.75 Å². The number of rotatable bonds is 6. The highest BCUT2D eigenvalue weighted by Crippen LogP contribution is 2.31. The lowest BCUT2D eigenvalue weighted by Crippen LogP contribution is -2.14. The van der Waals surface area contributed by atoms with Crippen LogP contribution in [-0.4, -0.2) is 33.2 Å². The van der Waals surface area contributed by atoms with Crippen molar-refractivity contribution in [2.45, 2.75) is 13.3 Å². The average Bonchev–Trinajstić information content (AvgIpc) is 3.09. The summed E-state index contributed by atoms with van der Waals surface area (Å²) in [6, 6.07) is 9.78. The van der Waals surface area contributed by atoms with Gasteiger partial charge in [-0.1, -0.05) is 6.92 Å². The molecular formula is C20H19N5O4. The molecule has 2 aromatic carbocycles. The molecule has 4 rings (SSSR count). The lowest BCUT2D eigenvalue weighted by Gasteiger charge is -2.07. The summed E-state index contributed by atoms with van der Waals surface area (Å²) in [4.78, 5) is 30.9. The SMILES string of the molecule is CCCNn1cc(-c2nc3cc(OC)ccc3[nH]c2=O)c2ccc([N+](=O)[O-])cc21. The minimum atomic E-state index is -0.441. The highest BCUT2D eigenvalue weighted by atomic mass is 16.6. The van der Waals surface area contributed by atoms with E-state index in [1.165, 1.54) is 12.1 Å². The Morgan fingerprint density at radius 1 is 1.28 bits per heavy atom. The summed E-state index contributed by atoms with van der Waals surface area (Å²) in [6.07, 6.45) is 2.62.